The molecule has 168 valence electrons. The number of amides is 2. The van der Waals surface area contributed by atoms with Gasteiger partial charge in [0.1, 0.15) is 0 Å². The smallest absolute Gasteiger partial charge is 0.274 e. The van der Waals surface area contributed by atoms with Crippen LogP contribution in [0, 0.1) is 0 Å². The number of carbonyl (C=O) groups is 2. The van der Waals surface area contributed by atoms with Gasteiger partial charge < -0.3 is 9.33 Å². The van der Waals surface area contributed by atoms with E-state index in [9.17, 15) is 9.59 Å². The normalized spacial score (nSPS) is 11.8. The van der Waals surface area contributed by atoms with Crippen molar-refractivity contribution >= 4 is 20.1 Å². The molecule has 0 aliphatic heterocycles. The Balaban J connectivity index is 2.08. The first-order valence-electron chi connectivity index (χ1n) is 10.5. The van der Waals surface area contributed by atoms with E-state index in [-0.39, 0.29) is 17.4 Å². The Labute approximate surface area is 186 Å². The van der Waals surface area contributed by atoms with Gasteiger partial charge in [-0.1, -0.05) is 63.2 Å². The minimum atomic E-state index is -1.89. The van der Waals surface area contributed by atoms with E-state index >= 15 is 0 Å². The highest BCUT2D eigenvalue weighted by molar-refractivity contribution is 6.74. The van der Waals surface area contributed by atoms with Crippen LogP contribution in [-0.2, 0) is 22.2 Å². The lowest BCUT2D eigenvalue weighted by Gasteiger charge is -2.37. The first-order valence-corrected chi connectivity index (χ1v) is 13.4. The molecule has 0 radical (unpaired) electrons. The minimum Gasteiger partial charge on any atom is -0.415 e. The fourth-order valence-corrected chi connectivity index (χ4v) is 3.88. The van der Waals surface area contributed by atoms with Gasteiger partial charge in [-0.05, 0) is 41.4 Å². The molecule has 2 N–H and O–H groups in total. The Bertz CT molecular complexity index is 861. The molecule has 0 bridgehead atoms. The molecule has 0 spiro atoms. The number of carbonyl (C=O) groups excluding carboxylic acids is 2. The summed E-state index contributed by atoms with van der Waals surface area (Å²) < 4.78 is 6.29. The quantitative estimate of drug-likeness (QED) is 0.343. The molecule has 6 nitrogen and oxygen atoms in total. The van der Waals surface area contributed by atoms with E-state index in [1.165, 1.54) is 0 Å². The number of nitrogens with zero attached hydrogens (tertiary/aromatic N) is 1. The van der Waals surface area contributed by atoms with Gasteiger partial charge in [-0.15, -0.1) is 0 Å². The van der Waals surface area contributed by atoms with Crippen molar-refractivity contribution in [3.05, 3.63) is 71.3 Å². The summed E-state index contributed by atoms with van der Waals surface area (Å²) in [6.07, 6.45) is 0.230. The van der Waals surface area contributed by atoms with Crippen molar-refractivity contribution in [3.8, 4) is 0 Å². The van der Waals surface area contributed by atoms with Crippen LogP contribution in [0.3, 0.4) is 0 Å². The zero-order valence-corrected chi connectivity index (χ0v) is 20.1. The summed E-state index contributed by atoms with van der Waals surface area (Å²) in [6.45, 7) is 12.6. The fraction of sp³-hybridized carbons (Fsp3) is 0.417. The predicted molar refractivity (Wildman–Crippen MR) is 124 cm³/mol. The number of rotatable bonds is 9. The van der Waals surface area contributed by atoms with Gasteiger partial charge in [0.15, 0.2) is 8.32 Å². The minimum absolute atomic E-state index is 0.00189. The highest BCUT2D eigenvalue weighted by atomic mass is 28.4. The summed E-state index contributed by atoms with van der Waals surface area (Å²) in [7, 11) is -1.89. The molecule has 0 atom stereocenters. The van der Waals surface area contributed by atoms with Crippen molar-refractivity contribution in [2.75, 3.05) is 13.2 Å². The van der Waals surface area contributed by atoms with Gasteiger partial charge in [-0.2, -0.15) is 0 Å². The standard InChI is InChI=1S/C24H34N2O4Si/c1-24(2,3)31(4,5)30-16-15-26(18-20-9-7-6-8-10-20)22(27)17-19-11-13-21(14-12-19)23(28)25-29/h6-14,29H,15-18H2,1-5H3,(H,25,28). The average Bonchev–Trinajstić information content (AvgIpc) is 2.72. The van der Waals surface area contributed by atoms with Crippen LogP contribution in [0.4, 0.5) is 0 Å². The van der Waals surface area contributed by atoms with Gasteiger partial charge >= 0.3 is 0 Å². The number of benzene rings is 2. The molecule has 2 aromatic rings. The second-order valence-corrected chi connectivity index (χ2v) is 14.0. The molecule has 0 saturated heterocycles. The van der Waals surface area contributed by atoms with Crippen LogP contribution in [0.25, 0.3) is 0 Å². The zero-order chi connectivity index (χ0) is 23.1. The zero-order valence-electron chi connectivity index (χ0n) is 19.1. The van der Waals surface area contributed by atoms with Crippen LogP contribution in [0.5, 0.6) is 0 Å². The van der Waals surface area contributed by atoms with E-state index in [4.69, 9.17) is 9.63 Å². The second kappa shape index (κ2) is 10.7. The third kappa shape index (κ3) is 7.31. The number of hydrogen-bond donors (Lipinski definition) is 2. The van der Waals surface area contributed by atoms with E-state index in [1.54, 1.807) is 29.7 Å². The van der Waals surface area contributed by atoms with Gasteiger partial charge in [0.05, 0.1) is 13.0 Å². The monoisotopic (exact) mass is 442 g/mol. The molecule has 0 unspecified atom stereocenters. The second-order valence-electron chi connectivity index (χ2n) is 9.22. The fourth-order valence-electron chi connectivity index (χ4n) is 2.85. The highest BCUT2D eigenvalue weighted by Gasteiger charge is 2.37. The Morgan fingerprint density at radius 2 is 1.61 bits per heavy atom. The van der Waals surface area contributed by atoms with Crippen molar-refractivity contribution in [2.24, 2.45) is 0 Å². The molecule has 0 aliphatic carbocycles. The summed E-state index contributed by atoms with van der Waals surface area (Å²) in [5.74, 6) is -0.576. The molecular formula is C24H34N2O4Si. The number of hydrogen-bond acceptors (Lipinski definition) is 4. The van der Waals surface area contributed by atoms with Gasteiger partial charge in [-0.25, -0.2) is 5.48 Å². The van der Waals surface area contributed by atoms with E-state index in [2.05, 4.69) is 33.9 Å². The van der Waals surface area contributed by atoms with E-state index in [0.29, 0.717) is 25.3 Å². The molecule has 0 heterocycles. The average molecular weight is 443 g/mol. The molecule has 2 aromatic carbocycles. The number of nitrogens with one attached hydrogen (secondary N) is 1. The summed E-state index contributed by atoms with van der Waals surface area (Å²) in [5, 5.41) is 8.85. The van der Waals surface area contributed by atoms with Crippen molar-refractivity contribution < 1.29 is 19.2 Å². The van der Waals surface area contributed by atoms with E-state index in [0.717, 1.165) is 11.1 Å². The molecule has 0 fully saturated rings. The number of hydroxylamine groups is 1. The third-order valence-corrected chi connectivity index (χ3v) is 10.4. The van der Waals surface area contributed by atoms with Crippen LogP contribution in [0.1, 0.15) is 42.3 Å². The molecule has 7 heteroatoms. The summed E-state index contributed by atoms with van der Waals surface area (Å²) in [4.78, 5) is 26.4. The topological polar surface area (TPSA) is 78.9 Å². The first-order chi connectivity index (χ1) is 14.5. The summed E-state index contributed by atoms with van der Waals surface area (Å²) in [5.41, 5.74) is 3.82. The Hall–Kier alpha value is -2.48. The van der Waals surface area contributed by atoms with Crippen molar-refractivity contribution in [1.29, 1.82) is 0 Å². The van der Waals surface area contributed by atoms with Crippen LogP contribution in [0.15, 0.2) is 54.6 Å². The maximum absolute atomic E-state index is 13.1. The van der Waals surface area contributed by atoms with Gasteiger partial charge in [0, 0.05) is 18.7 Å². The Morgan fingerprint density at radius 1 is 1.00 bits per heavy atom. The molecule has 2 rings (SSSR count). The molecular weight excluding hydrogens is 408 g/mol. The molecule has 0 saturated carbocycles. The Morgan fingerprint density at radius 3 is 2.16 bits per heavy atom. The summed E-state index contributed by atoms with van der Waals surface area (Å²) in [6, 6.07) is 16.6. The maximum atomic E-state index is 13.1. The molecule has 31 heavy (non-hydrogen) atoms. The van der Waals surface area contributed by atoms with Crippen molar-refractivity contribution in [2.45, 2.75) is 51.9 Å². The lowest BCUT2D eigenvalue weighted by molar-refractivity contribution is -0.131. The third-order valence-electron chi connectivity index (χ3n) is 5.87. The van der Waals surface area contributed by atoms with Crippen molar-refractivity contribution in [3.63, 3.8) is 0 Å². The SMILES string of the molecule is CC(C)(C)[Si](C)(C)OCCN(Cc1ccccc1)C(=O)Cc1ccc(C(=O)NO)cc1. The van der Waals surface area contributed by atoms with Crippen LogP contribution in [0.2, 0.25) is 18.1 Å². The van der Waals surface area contributed by atoms with Gasteiger partial charge in [0.2, 0.25) is 5.91 Å². The molecule has 0 aliphatic rings. The lowest BCUT2D eigenvalue weighted by atomic mass is 10.1. The van der Waals surface area contributed by atoms with Gasteiger partial charge in [0.25, 0.3) is 5.91 Å². The Kier molecular flexibility index (Phi) is 8.56. The molecule has 0 aromatic heterocycles. The largest absolute Gasteiger partial charge is 0.415 e. The van der Waals surface area contributed by atoms with Crippen LogP contribution < -0.4 is 5.48 Å². The maximum Gasteiger partial charge on any atom is 0.274 e. The van der Waals surface area contributed by atoms with Crippen LogP contribution >= 0.6 is 0 Å². The van der Waals surface area contributed by atoms with Crippen LogP contribution in [-0.4, -0.2) is 43.4 Å². The predicted octanol–water partition coefficient (Wildman–Crippen LogP) is 4.40. The van der Waals surface area contributed by atoms with E-state index < -0.39 is 14.2 Å². The molecule has 2 amide bonds. The first kappa shape index (κ1) is 24.8. The summed E-state index contributed by atoms with van der Waals surface area (Å²) >= 11 is 0. The van der Waals surface area contributed by atoms with Crippen molar-refractivity contribution in [1.82, 2.24) is 10.4 Å². The van der Waals surface area contributed by atoms with Gasteiger partial charge in [-0.3, -0.25) is 14.8 Å². The lowest BCUT2D eigenvalue weighted by Crippen LogP contribution is -2.43. The highest BCUT2D eigenvalue weighted by Crippen LogP contribution is 2.36. The van der Waals surface area contributed by atoms with E-state index in [1.807, 2.05) is 35.2 Å².